The van der Waals surface area contributed by atoms with E-state index in [0.717, 1.165) is 9.13 Å². The molecule has 0 radical (unpaired) electrons. The average molecular weight is 630 g/mol. The molecule has 244 valence electrons. The largest absolute Gasteiger partial charge is 0.860 e. The van der Waals surface area contributed by atoms with E-state index in [4.69, 9.17) is 11.5 Å². The minimum Gasteiger partial charge on any atom is -0.860 e. The predicted molar refractivity (Wildman–Crippen MR) is 160 cm³/mol. The van der Waals surface area contributed by atoms with E-state index in [1.165, 1.54) is 24.5 Å². The molecule has 45 heavy (non-hydrogen) atoms. The van der Waals surface area contributed by atoms with Gasteiger partial charge in [0.05, 0.1) is 11.5 Å². The van der Waals surface area contributed by atoms with Crippen LogP contribution in [0.1, 0.15) is 74.0 Å². The number of aromatic amines is 3. The number of pyridine rings is 1. The number of rotatable bonds is 17. The van der Waals surface area contributed by atoms with E-state index in [1.807, 2.05) is 0 Å². The zero-order valence-corrected chi connectivity index (χ0v) is 24.7. The molecule has 0 spiro atoms. The molecule has 3 aromatic rings. The highest BCUT2D eigenvalue weighted by Crippen LogP contribution is 2.35. The number of nitrogens with one attached hydrogen (secondary N) is 5. The SMILES string of the molecule is NC(=O)NCCCCCCn1c([O-])c([C@@H](c2cc[nH+]cc2)c2c(O)n(CCCCCCNC(N)=O)c(=O)[nH]c2=O)c(=O)[nH]c1=O. The first kappa shape index (κ1) is 34.1. The molecule has 17 heteroatoms. The number of hydrogen-bond acceptors (Lipinski definition) is 8. The van der Waals surface area contributed by atoms with Gasteiger partial charge < -0.3 is 36.9 Å². The fraction of sp³-hybridized carbons (Fsp3) is 0.464. The number of aromatic hydroxyl groups is 1. The van der Waals surface area contributed by atoms with Gasteiger partial charge in [-0.1, -0.05) is 25.7 Å². The van der Waals surface area contributed by atoms with E-state index < -0.39 is 63.4 Å². The van der Waals surface area contributed by atoms with Gasteiger partial charge in [-0.25, -0.2) is 24.2 Å². The molecule has 4 amide bonds. The van der Waals surface area contributed by atoms with Crippen molar-refractivity contribution in [3.63, 3.8) is 0 Å². The lowest BCUT2D eigenvalue weighted by atomic mass is 9.87. The topological polar surface area (TPSA) is 277 Å². The Morgan fingerprint density at radius 1 is 0.778 bits per heavy atom. The van der Waals surface area contributed by atoms with Crippen molar-refractivity contribution in [2.45, 2.75) is 70.4 Å². The van der Waals surface area contributed by atoms with Crippen LogP contribution in [0.5, 0.6) is 11.8 Å². The fourth-order valence-corrected chi connectivity index (χ4v) is 5.06. The summed E-state index contributed by atoms with van der Waals surface area (Å²) in [6.45, 7) is 0.761. The highest BCUT2D eigenvalue weighted by atomic mass is 16.3. The Kier molecular flexibility index (Phi) is 12.5. The number of primary amides is 2. The standard InChI is InChI=1S/C28H39N9O8/c29-25(42)32-11-5-1-3-7-15-36-23(40)19(21(38)34-27(36)44)18(17-9-13-31-14-10-17)20-22(39)35-28(45)37(24(20)41)16-8-4-2-6-12-33-26(30)43/h9-10,13-14,18,40-41H,1-8,11-12,15-16H2,(H3,29,32,42)(H3,30,33,43)(H,34,38,44)(H,35,39,45). The summed E-state index contributed by atoms with van der Waals surface area (Å²) in [7, 11) is 0. The maximum absolute atomic E-state index is 13.7. The molecule has 0 aromatic carbocycles. The lowest BCUT2D eigenvalue weighted by Crippen LogP contribution is -2.38. The minimum absolute atomic E-state index is 0.0159. The van der Waals surface area contributed by atoms with Gasteiger partial charge in [0, 0.05) is 43.9 Å². The minimum atomic E-state index is -1.43. The first-order chi connectivity index (χ1) is 21.5. The van der Waals surface area contributed by atoms with Gasteiger partial charge >= 0.3 is 23.4 Å². The van der Waals surface area contributed by atoms with Crippen molar-refractivity contribution in [1.29, 1.82) is 0 Å². The van der Waals surface area contributed by atoms with Gasteiger partial charge in [0.15, 0.2) is 12.4 Å². The summed E-state index contributed by atoms with van der Waals surface area (Å²) in [4.78, 5) is 80.5. The van der Waals surface area contributed by atoms with Crippen LogP contribution in [0.2, 0.25) is 0 Å². The quantitative estimate of drug-likeness (QED) is 0.0871. The van der Waals surface area contributed by atoms with E-state index in [-0.39, 0.29) is 18.7 Å². The van der Waals surface area contributed by atoms with E-state index in [1.54, 1.807) is 0 Å². The molecule has 0 saturated heterocycles. The van der Waals surface area contributed by atoms with E-state index >= 15 is 0 Å². The third-order valence-electron chi connectivity index (χ3n) is 7.26. The first-order valence-electron chi connectivity index (χ1n) is 14.7. The number of unbranched alkanes of at least 4 members (excludes halogenated alkanes) is 6. The first-order valence-corrected chi connectivity index (χ1v) is 14.7. The molecule has 3 aromatic heterocycles. The molecule has 3 heterocycles. The molecule has 0 bridgehead atoms. The second-order valence-corrected chi connectivity index (χ2v) is 10.5. The monoisotopic (exact) mass is 629 g/mol. The Morgan fingerprint density at radius 3 is 1.78 bits per heavy atom. The van der Waals surface area contributed by atoms with Crippen LogP contribution in [0, 0.1) is 0 Å². The average Bonchev–Trinajstić information content (AvgIpc) is 2.98. The third-order valence-corrected chi connectivity index (χ3v) is 7.26. The van der Waals surface area contributed by atoms with Crippen LogP contribution in [0.25, 0.3) is 0 Å². The Hall–Kier alpha value is -5.35. The molecule has 0 aliphatic heterocycles. The lowest BCUT2D eigenvalue weighted by Gasteiger charge is -2.26. The molecule has 17 nitrogen and oxygen atoms in total. The van der Waals surface area contributed by atoms with E-state index in [0.29, 0.717) is 64.5 Å². The molecular weight excluding hydrogens is 590 g/mol. The lowest BCUT2D eigenvalue weighted by molar-refractivity contribution is -0.378. The molecule has 0 aliphatic rings. The van der Waals surface area contributed by atoms with Gasteiger partial charge in [0.25, 0.3) is 11.1 Å². The van der Waals surface area contributed by atoms with Crippen molar-refractivity contribution in [1.82, 2.24) is 29.7 Å². The van der Waals surface area contributed by atoms with Crippen LogP contribution < -0.4 is 54.7 Å². The van der Waals surface area contributed by atoms with E-state index in [2.05, 4.69) is 25.6 Å². The summed E-state index contributed by atoms with van der Waals surface area (Å²) < 4.78 is 1.83. The van der Waals surface area contributed by atoms with Gasteiger partial charge in [-0.05, 0) is 37.1 Å². The number of nitrogens with zero attached hydrogens (tertiary/aromatic N) is 2. The van der Waals surface area contributed by atoms with Crippen molar-refractivity contribution >= 4 is 12.1 Å². The van der Waals surface area contributed by atoms with Crippen molar-refractivity contribution in [3.05, 3.63) is 82.9 Å². The van der Waals surface area contributed by atoms with Crippen LogP contribution in [0.15, 0.2) is 43.7 Å². The van der Waals surface area contributed by atoms with Gasteiger partial charge in [-0.15, -0.1) is 0 Å². The molecule has 0 unspecified atom stereocenters. The number of carbonyl (C=O) groups is 2. The molecule has 1 atom stereocenters. The smallest absolute Gasteiger partial charge is 0.331 e. The summed E-state index contributed by atoms with van der Waals surface area (Å²) in [5, 5.41) is 30.0. The van der Waals surface area contributed by atoms with Crippen molar-refractivity contribution in [3.8, 4) is 11.8 Å². The Bertz CT molecular complexity index is 1590. The van der Waals surface area contributed by atoms with Gasteiger partial charge in [-0.2, -0.15) is 0 Å². The maximum atomic E-state index is 13.7. The number of urea groups is 2. The number of H-pyrrole nitrogens is 3. The highest BCUT2D eigenvalue weighted by Gasteiger charge is 2.30. The van der Waals surface area contributed by atoms with Gasteiger partial charge in [-0.3, -0.25) is 24.1 Å². The molecular formula is C28H39N9O8. The molecule has 3 rings (SSSR count). The third kappa shape index (κ3) is 9.32. The van der Waals surface area contributed by atoms with Crippen molar-refractivity contribution in [2.75, 3.05) is 13.1 Å². The number of carbonyl (C=O) groups excluding carboxylic acids is 2. The van der Waals surface area contributed by atoms with Crippen molar-refractivity contribution in [2.24, 2.45) is 11.5 Å². The van der Waals surface area contributed by atoms with Crippen LogP contribution in [-0.2, 0) is 13.1 Å². The molecule has 0 saturated carbocycles. The van der Waals surface area contributed by atoms with E-state index in [9.17, 15) is 39.0 Å². The number of aromatic nitrogens is 5. The van der Waals surface area contributed by atoms with Gasteiger partial charge in [0.2, 0.25) is 5.88 Å². The molecule has 0 fully saturated rings. The summed E-state index contributed by atoms with van der Waals surface area (Å²) >= 11 is 0. The Morgan fingerprint density at radius 2 is 1.24 bits per heavy atom. The Labute approximate surface area is 256 Å². The highest BCUT2D eigenvalue weighted by molar-refractivity contribution is 5.71. The summed E-state index contributed by atoms with van der Waals surface area (Å²) in [5.74, 6) is -3.07. The van der Waals surface area contributed by atoms with Gasteiger partial charge in [0.1, 0.15) is 0 Å². The normalized spacial score (nSPS) is 11.6. The maximum Gasteiger partial charge on any atom is 0.331 e. The Balaban J connectivity index is 1.95. The summed E-state index contributed by atoms with van der Waals surface area (Å²) in [6, 6.07) is 1.76. The summed E-state index contributed by atoms with van der Waals surface area (Å²) in [5.41, 5.74) is 5.67. The second kappa shape index (κ2) is 16.5. The van der Waals surface area contributed by atoms with Crippen LogP contribution in [0.4, 0.5) is 9.59 Å². The zero-order valence-electron chi connectivity index (χ0n) is 24.7. The molecule has 0 aliphatic carbocycles. The van der Waals surface area contributed by atoms with Crippen molar-refractivity contribution < 1.29 is 24.8 Å². The summed E-state index contributed by atoms with van der Waals surface area (Å²) in [6.07, 6.45) is 7.70. The zero-order chi connectivity index (χ0) is 32.9. The fourth-order valence-electron chi connectivity index (χ4n) is 5.06. The molecule has 10 N–H and O–H groups in total. The van der Waals surface area contributed by atoms with Crippen LogP contribution in [-0.4, -0.2) is 49.4 Å². The number of amides is 4. The predicted octanol–water partition coefficient (Wildman–Crippen LogP) is -1.38. The second-order valence-electron chi connectivity index (χ2n) is 10.5. The van der Waals surface area contributed by atoms with Crippen LogP contribution >= 0.6 is 0 Å². The number of nitrogens with two attached hydrogens (primary N) is 2. The van der Waals surface area contributed by atoms with Crippen LogP contribution in [0.3, 0.4) is 0 Å². The number of hydrogen-bond donors (Lipinski definition) is 7.